The van der Waals surface area contributed by atoms with Gasteiger partial charge < -0.3 is 0 Å². The van der Waals surface area contributed by atoms with Crippen LogP contribution < -0.4 is 0 Å². The van der Waals surface area contributed by atoms with Crippen molar-refractivity contribution in [2.24, 2.45) is 0 Å². The molecule has 13 heavy (non-hydrogen) atoms. The maximum absolute atomic E-state index is 12.2. The van der Waals surface area contributed by atoms with E-state index in [2.05, 4.69) is 9.97 Å². The number of hydrogen-bond donors (Lipinski definition) is 0. The number of Topliss-reactive ketones (excluding diaryl/α,β-unsaturated/α-hetero) is 1. The second-order valence-corrected chi connectivity index (χ2v) is 2.34. The molecule has 0 aliphatic heterocycles. The van der Waals surface area contributed by atoms with Crippen molar-refractivity contribution in [2.75, 3.05) is 0 Å². The van der Waals surface area contributed by atoms with Crippen LogP contribution in [0.1, 0.15) is 23.0 Å². The van der Waals surface area contributed by atoms with Crippen LogP contribution >= 0.6 is 0 Å². The molecule has 0 bridgehead atoms. The smallest absolute Gasteiger partial charge is 0.294 e. The summed E-state index contributed by atoms with van der Waals surface area (Å²) in [7, 11) is 0. The number of rotatable bonds is 1. The van der Waals surface area contributed by atoms with Crippen molar-refractivity contribution in [1.29, 1.82) is 0 Å². The van der Waals surface area contributed by atoms with Crippen molar-refractivity contribution in [3.05, 3.63) is 23.8 Å². The number of hydrogen-bond acceptors (Lipinski definition) is 3. The van der Waals surface area contributed by atoms with E-state index < -0.39 is 23.2 Å². The van der Waals surface area contributed by atoms with E-state index >= 15 is 0 Å². The van der Waals surface area contributed by atoms with Gasteiger partial charge in [0.1, 0.15) is 6.33 Å². The van der Waals surface area contributed by atoms with E-state index in [1.807, 2.05) is 0 Å². The standard InChI is InChI=1S/C7H5F3N2O/c1-4(13)5-2-11-3-12-6(5)7(8,9)10/h2-3H,1H3. The zero-order valence-corrected chi connectivity index (χ0v) is 6.59. The molecule has 1 heterocycles. The van der Waals surface area contributed by atoms with Gasteiger partial charge in [0.15, 0.2) is 11.5 Å². The number of aromatic nitrogens is 2. The van der Waals surface area contributed by atoms with Crippen molar-refractivity contribution in [3.63, 3.8) is 0 Å². The number of halogens is 3. The van der Waals surface area contributed by atoms with Crippen molar-refractivity contribution in [3.8, 4) is 0 Å². The van der Waals surface area contributed by atoms with E-state index in [0.717, 1.165) is 19.4 Å². The Hall–Kier alpha value is -1.46. The van der Waals surface area contributed by atoms with Crippen molar-refractivity contribution in [1.82, 2.24) is 9.97 Å². The number of carbonyl (C=O) groups excluding carboxylic acids is 1. The maximum atomic E-state index is 12.2. The predicted molar refractivity (Wildman–Crippen MR) is 37.0 cm³/mol. The van der Waals surface area contributed by atoms with Gasteiger partial charge >= 0.3 is 6.18 Å². The summed E-state index contributed by atoms with van der Waals surface area (Å²) < 4.78 is 36.5. The second-order valence-electron chi connectivity index (χ2n) is 2.34. The third-order valence-corrected chi connectivity index (χ3v) is 1.36. The maximum Gasteiger partial charge on any atom is 0.434 e. The summed E-state index contributed by atoms with van der Waals surface area (Å²) >= 11 is 0. The molecule has 70 valence electrons. The molecule has 0 aliphatic rings. The highest BCUT2D eigenvalue weighted by Gasteiger charge is 2.36. The minimum absolute atomic E-state index is 0.505. The molecule has 6 heteroatoms. The summed E-state index contributed by atoms with van der Waals surface area (Å²) in [5, 5.41) is 0. The van der Waals surface area contributed by atoms with Gasteiger partial charge in [0.05, 0.1) is 5.56 Å². The summed E-state index contributed by atoms with van der Waals surface area (Å²) in [6.45, 7) is 1.04. The van der Waals surface area contributed by atoms with Gasteiger partial charge in [-0.1, -0.05) is 0 Å². The van der Waals surface area contributed by atoms with E-state index in [0.29, 0.717) is 0 Å². The Labute approximate surface area is 71.6 Å². The molecule has 0 saturated heterocycles. The van der Waals surface area contributed by atoms with Gasteiger partial charge in [-0.15, -0.1) is 0 Å². The van der Waals surface area contributed by atoms with E-state index in [1.54, 1.807) is 0 Å². The normalized spacial score (nSPS) is 11.4. The molecule has 0 radical (unpaired) electrons. The highest BCUT2D eigenvalue weighted by atomic mass is 19.4. The monoisotopic (exact) mass is 190 g/mol. The lowest BCUT2D eigenvalue weighted by atomic mass is 10.1. The molecular weight excluding hydrogens is 185 g/mol. The summed E-state index contributed by atoms with van der Waals surface area (Å²) in [6.07, 6.45) is -2.99. The fourth-order valence-electron chi connectivity index (χ4n) is 0.813. The quantitative estimate of drug-likeness (QED) is 0.633. The summed E-state index contributed by atoms with van der Waals surface area (Å²) in [6, 6.07) is 0. The first kappa shape index (κ1) is 9.63. The van der Waals surface area contributed by atoms with Crippen LogP contribution in [0, 0.1) is 0 Å². The molecule has 1 rings (SSSR count). The average Bonchev–Trinajstić information content (AvgIpc) is 2.03. The third kappa shape index (κ3) is 2.01. The Kier molecular flexibility index (Phi) is 2.31. The van der Waals surface area contributed by atoms with Crippen LogP contribution in [0.25, 0.3) is 0 Å². The van der Waals surface area contributed by atoms with Gasteiger partial charge in [-0.3, -0.25) is 4.79 Å². The van der Waals surface area contributed by atoms with E-state index in [1.165, 1.54) is 0 Å². The molecule has 3 nitrogen and oxygen atoms in total. The average molecular weight is 190 g/mol. The lowest BCUT2D eigenvalue weighted by Gasteiger charge is -2.07. The van der Waals surface area contributed by atoms with Crippen LogP contribution in [-0.2, 0) is 6.18 Å². The Balaban J connectivity index is 3.28. The highest BCUT2D eigenvalue weighted by Crippen LogP contribution is 2.29. The molecule has 0 N–H and O–H groups in total. The Bertz CT molecular complexity index is 335. The van der Waals surface area contributed by atoms with Crippen molar-refractivity contribution < 1.29 is 18.0 Å². The minimum Gasteiger partial charge on any atom is -0.294 e. The first-order valence-corrected chi connectivity index (χ1v) is 3.31. The zero-order chi connectivity index (χ0) is 10.1. The first-order chi connectivity index (χ1) is 5.93. The molecule has 0 atom stereocenters. The number of alkyl halides is 3. The fraction of sp³-hybridized carbons (Fsp3) is 0.286. The lowest BCUT2D eigenvalue weighted by molar-refractivity contribution is -0.141. The van der Waals surface area contributed by atoms with Gasteiger partial charge in [-0.25, -0.2) is 9.97 Å². The van der Waals surface area contributed by atoms with Crippen molar-refractivity contribution in [2.45, 2.75) is 13.1 Å². The summed E-state index contributed by atoms with van der Waals surface area (Å²) in [4.78, 5) is 17.1. The number of nitrogens with zero attached hydrogens (tertiary/aromatic N) is 2. The molecule has 0 saturated carbocycles. The topological polar surface area (TPSA) is 42.9 Å². The molecule has 0 spiro atoms. The van der Waals surface area contributed by atoms with Crippen LogP contribution in [0.15, 0.2) is 12.5 Å². The predicted octanol–water partition coefficient (Wildman–Crippen LogP) is 1.70. The van der Waals surface area contributed by atoms with Gasteiger partial charge in [-0.05, 0) is 6.92 Å². The molecule has 1 aromatic heterocycles. The van der Waals surface area contributed by atoms with Crippen LogP contribution in [-0.4, -0.2) is 15.8 Å². The molecule has 0 aliphatic carbocycles. The molecule has 0 fully saturated rings. The van der Waals surface area contributed by atoms with E-state index in [9.17, 15) is 18.0 Å². The molecule has 0 unspecified atom stereocenters. The number of carbonyl (C=O) groups is 1. The summed E-state index contributed by atoms with van der Waals surface area (Å²) in [5.41, 5.74) is -1.69. The van der Waals surface area contributed by atoms with Gasteiger partial charge in [-0.2, -0.15) is 13.2 Å². The van der Waals surface area contributed by atoms with Gasteiger partial charge in [0, 0.05) is 6.20 Å². The molecule has 0 amide bonds. The lowest BCUT2D eigenvalue weighted by Crippen LogP contribution is -2.14. The minimum atomic E-state index is -4.61. The second kappa shape index (κ2) is 3.12. The van der Waals surface area contributed by atoms with Crippen molar-refractivity contribution >= 4 is 5.78 Å². The molecule has 0 aromatic carbocycles. The van der Waals surface area contributed by atoms with Gasteiger partial charge in [0.25, 0.3) is 0 Å². The Morgan fingerprint density at radius 3 is 2.46 bits per heavy atom. The zero-order valence-electron chi connectivity index (χ0n) is 6.59. The van der Waals surface area contributed by atoms with Crippen LogP contribution in [0.3, 0.4) is 0 Å². The van der Waals surface area contributed by atoms with Crippen LogP contribution in [0.4, 0.5) is 13.2 Å². The first-order valence-electron chi connectivity index (χ1n) is 3.31. The molecule has 1 aromatic rings. The fourth-order valence-corrected chi connectivity index (χ4v) is 0.813. The highest BCUT2D eigenvalue weighted by molar-refractivity contribution is 5.94. The Morgan fingerprint density at radius 1 is 1.46 bits per heavy atom. The van der Waals surface area contributed by atoms with Crippen LogP contribution in [0.5, 0.6) is 0 Å². The van der Waals surface area contributed by atoms with E-state index in [4.69, 9.17) is 0 Å². The SMILES string of the molecule is CC(=O)c1cncnc1C(F)(F)F. The number of ketones is 1. The van der Waals surface area contributed by atoms with E-state index in [-0.39, 0.29) is 0 Å². The Morgan fingerprint density at radius 2 is 2.08 bits per heavy atom. The third-order valence-electron chi connectivity index (χ3n) is 1.36. The largest absolute Gasteiger partial charge is 0.434 e. The molecular formula is C7H5F3N2O. The van der Waals surface area contributed by atoms with Crippen LogP contribution in [0.2, 0.25) is 0 Å². The van der Waals surface area contributed by atoms with Gasteiger partial charge in [0.2, 0.25) is 0 Å². The summed E-state index contributed by atoms with van der Waals surface area (Å²) in [5.74, 6) is -0.701.